The summed E-state index contributed by atoms with van der Waals surface area (Å²) in [5, 5.41) is 12.7. The summed E-state index contributed by atoms with van der Waals surface area (Å²) in [6.07, 6.45) is 0.512. The van der Waals surface area contributed by atoms with Crippen molar-refractivity contribution >= 4 is 21.9 Å². The third-order valence-corrected chi connectivity index (χ3v) is 2.80. The number of hydrogen-bond donors (Lipinski definition) is 1. The molecule has 1 aromatic heterocycles. The van der Waals surface area contributed by atoms with Crippen LogP contribution in [0.2, 0.25) is 0 Å². The molecule has 5 nitrogen and oxygen atoms in total. The van der Waals surface area contributed by atoms with Crippen molar-refractivity contribution in [1.29, 1.82) is 0 Å². The van der Waals surface area contributed by atoms with Crippen LogP contribution in [-0.4, -0.2) is 22.3 Å². The molecule has 6 heteroatoms. The van der Waals surface area contributed by atoms with E-state index in [1.807, 2.05) is 0 Å². The van der Waals surface area contributed by atoms with Crippen molar-refractivity contribution < 1.29 is 19.2 Å². The molecule has 0 spiro atoms. The van der Waals surface area contributed by atoms with Crippen LogP contribution >= 0.6 is 15.9 Å². The van der Waals surface area contributed by atoms with Crippen molar-refractivity contribution in [2.75, 3.05) is 0 Å². The second-order valence-electron chi connectivity index (χ2n) is 3.62. The number of benzene rings is 1. The molecular formula is C12H10BrNO4. The van der Waals surface area contributed by atoms with Crippen LogP contribution in [0.3, 0.4) is 0 Å². The smallest absolute Gasteiger partial charge is 0.344 e. The minimum atomic E-state index is -1.02. The summed E-state index contributed by atoms with van der Waals surface area (Å²) in [5.74, 6) is -0.578. The Kier molecular flexibility index (Phi) is 3.66. The van der Waals surface area contributed by atoms with Crippen LogP contribution in [-0.2, 0) is 4.79 Å². The zero-order valence-corrected chi connectivity index (χ0v) is 11.0. The molecule has 0 fully saturated rings. The van der Waals surface area contributed by atoms with E-state index in [1.165, 1.54) is 13.2 Å². The molecule has 0 amide bonds. The molecule has 1 aromatic carbocycles. The van der Waals surface area contributed by atoms with E-state index in [0.717, 1.165) is 4.47 Å². The van der Waals surface area contributed by atoms with Gasteiger partial charge in [-0.1, -0.05) is 21.1 Å². The molecule has 0 saturated carbocycles. The highest BCUT2D eigenvalue weighted by Crippen LogP contribution is 2.32. The van der Waals surface area contributed by atoms with Gasteiger partial charge in [0.1, 0.15) is 17.7 Å². The normalized spacial score (nSPS) is 12.1. The van der Waals surface area contributed by atoms with Gasteiger partial charge >= 0.3 is 5.97 Å². The second kappa shape index (κ2) is 5.22. The Morgan fingerprint density at radius 2 is 2.28 bits per heavy atom. The molecule has 0 aliphatic carbocycles. The minimum Gasteiger partial charge on any atom is -0.479 e. The lowest BCUT2D eigenvalue weighted by atomic mass is 10.1. The first kappa shape index (κ1) is 12.6. The molecule has 0 saturated heterocycles. The van der Waals surface area contributed by atoms with Crippen LogP contribution < -0.4 is 4.74 Å². The maximum absolute atomic E-state index is 10.8. The first-order chi connectivity index (χ1) is 8.58. The Hall–Kier alpha value is -1.82. The van der Waals surface area contributed by atoms with Gasteiger partial charge in [0, 0.05) is 16.1 Å². The maximum atomic E-state index is 10.8. The molecule has 1 N–H and O–H groups in total. The van der Waals surface area contributed by atoms with Gasteiger partial charge in [-0.05, 0) is 25.1 Å². The molecule has 1 heterocycles. The Balaban J connectivity index is 2.38. The van der Waals surface area contributed by atoms with E-state index in [1.54, 1.807) is 24.3 Å². The average Bonchev–Trinajstić information content (AvgIpc) is 2.84. The van der Waals surface area contributed by atoms with Gasteiger partial charge in [0.15, 0.2) is 6.10 Å². The summed E-state index contributed by atoms with van der Waals surface area (Å²) in [6.45, 7) is 1.47. The topological polar surface area (TPSA) is 72.6 Å². The number of rotatable bonds is 4. The highest BCUT2D eigenvalue weighted by Gasteiger charge is 2.16. The van der Waals surface area contributed by atoms with Crippen molar-refractivity contribution in [3.8, 4) is 17.0 Å². The molecule has 1 unspecified atom stereocenters. The molecule has 0 aliphatic heterocycles. The number of nitrogens with zero attached hydrogens (tertiary/aromatic N) is 1. The van der Waals surface area contributed by atoms with Crippen LogP contribution in [0.5, 0.6) is 5.75 Å². The molecule has 18 heavy (non-hydrogen) atoms. The number of aliphatic carboxylic acids is 1. The van der Waals surface area contributed by atoms with Gasteiger partial charge in [-0.2, -0.15) is 0 Å². The fourth-order valence-corrected chi connectivity index (χ4v) is 1.76. The van der Waals surface area contributed by atoms with Gasteiger partial charge in [-0.25, -0.2) is 4.79 Å². The molecule has 1 atom stereocenters. The van der Waals surface area contributed by atoms with Gasteiger partial charge in [-0.15, -0.1) is 0 Å². The second-order valence-corrected chi connectivity index (χ2v) is 4.54. The molecule has 0 aliphatic rings. The van der Waals surface area contributed by atoms with Crippen LogP contribution in [0.1, 0.15) is 6.92 Å². The van der Waals surface area contributed by atoms with Crippen molar-refractivity contribution in [2.45, 2.75) is 13.0 Å². The molecule has 0 bridgehead atoms. The summed E-state index contributed by atoms with van der Waals surface area (Å²) in [5.41, 5.74) is 1.26. The average molecular weight is 312 g/mol. The van der Waals surface area contributed by atoms with E-state index in [9.17, 15) is 4.79 Å². The Bertz CT molecular complexity index is 553. The standard InChI is InChI=1S/C12H10BrNO4/c1-7(12(15)16)18-11-3-2-8(13)6-9(11)10-4-5-17-14-10/h2-7H,1H3,(H,15,16). The minimum absolute atomic E-state index is 0.446. The summed E-state index contributed by atoms with van der Waals surface area (Å²) in [4.78, 5) is 10.8. The quantitative estimate of drug-likeness (QED) is 0.939. The number of aromatic nitrogens is 1. The first-order valence-electron chi connectivity index (χ1n) is 5.17. The van der Waals surface area contributed by atoms with Gasteiger partial charge in [0.2, 0.25) is 0 Å². The van der Waals surface area contributed by atoms with E-state index in [2.05, 4.69) is 21.1 Å². The monoisotopic (exact) mass is 311 g/mol. The zero-order valence-electron chi connectivity index (χ0n) is 9.46. The van der Waals surface area contributed by atoms with E-state index in [-0.39, 0.29) is 0 Å². The van der Waals surface area contributed by atoms with Crippen LogP contribution in [0, 0.1) is 0 Å². The summed E-state index contributed by atoms with van der Waals surface area (Å²) in [6, 6.07) is 6.93. The predicted octanol–water partition coefficient (Wildman–Crippen LogP) is 2.96. The molecule has 94 valence electrons. The van der Waals surface area contributed by atoms with Gasteiger partial charge in [-0.3, -0.25) is 0 Å². The number of carboxylic acids is 1. The lowest BCUT2D eigenvalue weighted by Crippen LogP contribution is -2.23. The fourth-order valence-electron chi connectivity index (χ4n) is 1.40. The lowest BCUT2D eigenvalue weighted by molar-refractivity contribution is -0.144. The summed E-state index contributed by atoms with van der Waals surface area (Å²) < 4.78 is 11.0. The van der Waals surface area contributed by atoms with Gasteiger partial charge in [0.25, 0.3) is 0 Å². The van der Waals surface area contributed by atoms with Gasteiger partial charge in [0.05, 0.1) is 0 Å². The number of ether oxygens (including phenoxy) is 1. The molecular weight excluding hydrogens is 302 g/mol. The molecule has 0 radical (unpaired) electrons. The first-order valence-corrected chi connectivity index (χ1v) is 5.97. The van der Waals surface area contributed by atoms with E-state index >= 15 is 0 Å². The highest BCUT2D eigenvalue weighted by molar-refractivity contribution is 9.10. The van der Waals surface area contributed by atoms with Gasteiger partial charge < -0.3 is 14.4 Å². The SMILES string of the molecule is CC(Oc1ccc(Br)cc1-c1ccon1)C(=O)O. The number of carbonyl (C=O) groups is 1. The Morgan fingerprint density at radius 1 is 1.50 bits per heavy atom. The third kappa shape index (κ3) is 2.70. The van der Waals surface area contributed by atoms with Crippen LogP contribution in [0.15, 0.2) is 39.5 Å². The fraction of sp³-hybridized carbons (Fsp3) is 0.167. The predicted molar refractivity (Wildman–Crippen MR) is 67.4 cm³/mol. The zero-order chi connectivity index (χ0) is 13.1. The lowest BCUT2D eigenvalue weighted by Gasteiger charge is -2.13. The Morgan fingerprint density at radius 3 is 2.89 bits per heavy atom. The van der Waals surface area contributed by atoms with Crippen LogP contribution in [0.25, 0.3) is 11.3 Å². The largest absolute Gasteiger partial charge is 0.479 e. The third-order valence-electron chi connectivity index (χ3n) is 2.31. The van der Waals surface area contributed by atoms with Crippen molar-refractivity contribution in [3.05, 3.63) is 35.0 Å². The van der Waals surface area contributed by atoms with E-state index in [0.29, 0.717) is 17.0 Å². The number of halogens is 1. The van der Waals surface area contributed by atoms with E-state index in [4.69, 9.17) is 14.4 Å². The Labute approximate surface area is 111 Å². The van der Waals surface area contributed by atoms with Crippen molar-refractivity contribution in [3.63, 3.8) is 0 Å². The summed E-state index contributed by atoms with van der Waals surface area (Å²) in [7, 11) is 0. The van der Waals surface area contributed by atoms with Crippen LogP contribution in [0.4, 0.5) is 0 Å². The summed E-state index contributed by atoms with van der Waals surface area (Å²) >= 11 is 3.35. The number of hydrogen-bond acceptors (Lipinski definition) is 4. The number of carboxylic acid groups (broad SMARTS) is 1. The van der Waals surface area contributed by atoms with Crippen molar-refractivity contribution in [1.82, 2.24) is 5.16 Å². The molecule has 2 rings (SSSR count). The highest BCUT2D eigenvalue weighted by atomic mass is 79.9. The molecule has 2 aromatic rings. The maximum Gasteiger partial charge on any atom is 0.344 e. The van der Waals surface area contributed by atoms with Crippen molar-refractivity contribution in [2.24, 2.45) is 0 Å². The van der Waals surface area contributed by atoms with E-state index < -0.39 is 12.1 Å².